The summed E-state index contributed by atoms with van der Waals surface area (Å²) in [5, 5.41) is 12.6. The highest BCUT2D eigenvalue weighted by Gasteiger charge is 2.25. The number of aliphatic hydroxyl groups excluding tert-OH is 1. The summed E-state index contributed by atoms with van der Waals surface area (Å²) in [6.07, 6.45) is 2.29. The van der Waals surface area contributed by atoms with Gasteiger partial charge < -0.3 is 10.4 Å². The van der Waals surface area contributed by atoms with Gasteiger partial charge in [0.25, 0.3) is 0 Å². The van der Waals surface area contributed by atoms with E-state index in [4.69, 9.17) is 11.6 Å². The van der Waals surface area contributed by atoms with Gasteiger partial charge in [-0.1, -0.05) is 24.1 Å². The Labute approximate surface area is 116 Å². The van der Waals surface area contributed by atoms with Gasteiger partial charge >= 0.3 is 0 Å². The lowest BCUT2D eigenvalue weighted by Crippen LogP contribution is -2.33. The Kier molecular flexibility index (Phi) is 4.77. The highest BCUT2D eigenvalue weighted by molar-refractivity contribution is 6.31. The van der Waals surface area contributed by atoms with E-state index >= 15 is 0 Å². The van der Waals surface area contributed by atoms with Crippen LogP contribution in [0.2, 0.25) is 5.02 Å². The molecule has 1 aliphatic carbocycles. The molecule has 0 saturated heterocycles. The van der Waals surface area contributed by atoms with E-state index in [9.17, 15) is 14.3 Å². The minimum absolute atomic E-state index is 0.0751. The topological polar surface area (TPSA) is 49.3 Å². The van der Waals surface area contributed by atoms with Gasteiger partial charge in [-0.15, -0.1) is 0 Å². The van der Waals surface area contributed by atoms with Crippen LogP contribution >= 0.6 is 11.6 Å². The SMILES string of the molecule is O=C(Cc1c(F)cccc1Cl)NCC1CCCC1O. The summed E-state index contributed by atoms with van der Waals surface area (Å²) >= 11 is 5.86. The van der Waals surface area contributed by atoms with Gasteiger partial charge in [-0.2, -0.15) is 0 Å². The highest BCUT2D eigenvalue weighted by atomic mass is 35.5. The van der Waals surface area contributed by atoms with E-state index in [1.165, 1.54) is 12.1 Å². The molecule has 1 amide bonds. The van der Waals surface area contributed by atoms with E-state index in [-0.39, 0.29) is 34.9 Å². The molecular formula is C14H17ClFNO2. The monoisotopic (exact) mass is 285 g/mol. The fourth-order valence-electron chi connectivity index (χ4n) is 2.42. The third-order valence-corrected chi connectivity index (χ3v) is 3.93. The van der Waals surface area contributed by atoms with Crippen molar-refractivity contribution in [2.45, 2.75) is 31.8 Å². The molecule has 19 heavy (non-hydrogen) atoms. The molecule has 5 heteroatoms. The van der Waals surface area contributed by atoms with Crippen LogP contribution in [0.15, 0.2) is 18.2 Å². The molecule has 2 rings (SSSR count). The summed E-state index contributed by atoms with van der Waals surface area (Å²) in [5.41, 5.74) is 0.216. The fraction of sp³-hybridized carbons (Fsp3) is 0.500. The van der Waals surface area contributed by atoms with Gasteiger partial charge in [-0.05, 0) is 25.0 Å². The van der Waals surface area contributed by atoms with Crippen molar-refractivity contribution in [1.29, 1.82) is 0 Å². The van der Waals surface area contributed by atoms with Crippen molar-refractivity contribution >= 4 is 17.5 Å². The Morgan fingerprint density at radius 1 is 1.47 bits per heavy atom. The largest absolute Gasteiger partial charge is 0.393 e. The number of carbonyl (C=O) groups excluding carboxylic acids is 1. The number of amides is 1. The Bertz CT molecular complexity index is 447. The molecule has 1 aromatic carbocycles. The molecule has 2 unspecified atom stereocenters. The molecular weight excluding hydrogens is 269 g/mol. The second kappa shape index (κ2) is 6.35. The molecule has 1 saturated carbocycles. The maximum absolute atomic E-state index is 13.5. The summed E-state index contributed by atoms with van der Waals surface area (Å²) in [6.45, 7) is 0.437. The van der Waals surface area contributed by atoms with Gasteiger partial charge in [-0.25, -0.2) is 4.39 Å². The van der Waals surface area contributed by atoms with Gasteiger partial charge in [0.05, 0.1) is 12.5 Å². The number of benzene rings is 1. The van der Waals surface area contributed by atoms with Crippen LogP contribution in [0.3, 0.4) is 0 Å². The standard InChI is InChI=1S/C14H17ClFNO2/c15-11-4-2-5-12(16)10(11)7-14(19)17-8-9-3-1-6-13(9)18/h2,4-5,9,13,18H,1,3,6-8H2,(H,17,19). The van der Waals surface area contributed by atoms with Crippen molar-refractivity contribution in [2.24, 2.45) is 5.92 Å². The first-order valence-corrected chi connectivity index (χ1v) is 6.83. The van der Waals surface area contributed by atoms with Crippen LogP contribution in [0.4, 0.5) is 4.39 Å². The lowest BCUT2D eigenvalue weighted by atomic mass is 10.1. The summed E-state index contributed by atoms with van der Waals surface area (Å²) < 4.78 is 13.5. The molecule has 0 aliphatic heterocycles. The molecule has 3 nitrogen and oxygen atoms in total. The zero-order chi connectivity index (χ0) is 13.8. The number of halogens is 2. The molecule has 0 bridgehead atoms. The maximum Gasteiger partial charge on any atom is 0.224 e. The average molecular weight is 286 g/mol. The smallest absolute Gasteiger partial charge is 0.224 e. The molecule has 1 aliphatic rings. The number of aliphatic hydroxyl groups is 1. The minimum atomic E-state index is -0.469. The zero-order valence-electron chi connectivity index (χ0n) is 10.5. The van der Waals surface area contributed by atoms with Crippen LogP contribution in [-0.2, 0) is 11.2 Å². The van der Waals surface area contributed by atoms with Crippen molar-refractivity contribution in [3.8, 4) is 0 Å². The predicted octanol–water partition coefficient (Wildman–Crippen LogP) is 2.30. The Balaban J connectivity index is 1.87. The second-order valence-electron chi connectivity index (χ2n) is 4.94. The van der Waals surface area contributed by atoms with Crippen LogP contribution in [0.1, 0.15) is 24.8 Å². The molecule has 104 valence electrons. The quantitative estimate of drug-likeness (QED) is 0.892. The van der Waals surface area contributed by atoms with Gasteiger partial charge in [0, 0.05) is 23.0 Å². The molecule has 1 fully saturated rings. The Hall–Kier alpha value is -1.13. The van der Waals surface area contributed by atoms with E-state index < -0.39 is 5.82 Å². The van der Waals surface area contributed by atoms with Crippen LogP contribution in [0, 0.1) is 11.7 Å². The number of nitrogens with one attached hydrogen (secondary N) is 1. The van der Waals surface area contributed by atoms with Gasteiger partial charge in [0.15, 0.2) is 0 Å². The predicted molar refractivity (Wildman–Crippen MR) is 71.5 cm³/mol. The lowest BCUT2D eigenvalue weighted by molar-refractivity contribution is -0.120. The molecule has 0 radical (unpaired) electrons. The van der Waals surface area contributed by atoms with Crippen LogP contribution in [-0.4, -0.2) is 23.7 Å². The lowest BCUT2D eigenvalue weighted by Gasteiger charge is -2.15. The normalized spacial score (nSPS) is 22.5. The molecule has 0 spiro atoms. The molecule has 2 atom stereocenters. The zero-order valence-corrected chi connectivity index (χ0v) is 11.3. The first-order valence-electron chi connectivity index (χ1n) is 6.45. The maximum atomic E-state index is 13.5. The van der Waals surface area contributed by atoms with Crippen molar-refractivity contribution in [3.63, 3.8) is 0 Å². The van der Waals surface area contributed by atoms with Crippen LogP contribution < -0.4 is 5.32 Å². The van der Waals surface area contributed by atoms with E-state index in [1.54, 1.807) is 6.07 Å². The fourth-order valence-corrected chi connectivity index (χ4v) is 2.65. The van der Waals surface area contributed by atoms with E-state index in [0.717, 1.165) is 19.3 Å². The molecule has 0 heterocycles. The number of hydrogen-bond acceptors (Lipinski definition) is 2. The van der Waals surface area contributed by atoms with Gasteiger partial charge in [-0.3, -0.25) is 4.79 Å². The number of carbonyl (C=O) groups is 1. The Morgan fingerprint density at radius 2 is 2.26 bits per heavy atom. The summed E-state index contributed by atoms with van der Waals surface area (Å²) in [6, 6.07) is 4.36. The first-order chi connectivity index (χ1) is 9.08. The van der Waals surface area contributed by atoms with E-state index in [2.05, 4.69) is 5.32 Å². The van der Waals surface area contributed by atoms with Crippen molar-refractivity contribution in [2.75, 3.05) is 6.54 Å². The first kappa shape index (κ1) is 14.3. The third kappa shape index (κ3) is 3.67. The van der Waals surface area contributed by atoms with E-state index in [1.807, 2.05) is 0 Å². The van der Waals surface area contributed by atoms with Crippen molar-refractivity contribution in [3.05, 3.63) is 34.6 Å². The summed E-state index contributed by atoms with van der Waals surface area (Å²) in [5.74, 6) is -0.630. The molecule has 1 aromatic rings. The summed E-state index contributed by atoms with van der Waals surface area (Å²) in [7, 11) is 0. The van der Waals surface area contributed by atoms with Gasteiger partial charge in [0.1, 0.15) is 5.82 Å². The highest BCUT2D eigenvalue weighted by Crippen LogP contribution is 2.24. The van der Waals surface area contributed by atoms with Crippen molar-refractivity contribution in [1.82, 2.24) is 5.32 Å². The van der Waals surface area contributed by atoms with Crippen LogP contribution in [0.25, 0.3) is 0 Å². The van der Waals surface area contributed by atoms with Crippen molar-refractivity contribution < 1.29 is 14.3 Å². The molecule has 0 aromatic heterocycles. The van der Waals surface area contributed by atoms with E-state index in [0.29, 0.717) is 6.54 Å². The second-order valence-corrected chi connectivity index (χ2v) is 5.35. The Morgan fingerprint density at radius 3 is 2.89 bits per heavy atom. The van der Waals surface area contributed by atoms with Gasteiger partial charge in [0.2, 0.25) is 5.91 Å². The molecule has 2 N–H and O–H groups in total. The average Bonchev–Trinajstić information content (AvgIpc) is 2.77. The number of rotatable bonds is 4. The summed E-state index contributed by atoms with van der Waals surface area (Å²) in [4.78, 5) is 11.8. The number of hydrogen-bond donors (Lipinski definition) is 2. The van der Waals surface area contributed by atoms with Crippen LogP contribution in [0.5, 0.6) is 0 Å². The third-order valence-electron chi connectivity index (χ3n) is 3.58. The minimum Gasteiger partial charge on any atom is -0.393 e.